The number of benzene rings is 3. The average Bonchev–Trinajstić information content (AvgIpc) is 3.33. The Balaban J connectivity index is 1.33. The third kappa shape index (κ3) is 4.41. The second kappa shape index (κ2) is 9.05. The largest absolute Gasteiger partial charge is 0.454 e. The molecule has 166 valence electrons. The van der Waals surface area contributed by atoms with Crippen molar-refractivity contribution in [2.24, 2.45) is 5.92 Å². The van der Waals surface area contributed by atoms with E-state index in [-0.39, 0.29) is 24.3 Å². The van der Waals surface area contributed by atoms with Crippen LogP contribution in [0.1, 0.15) is 50.2 Å². The minimum atomic E-state index is -0.515. The first-order valence-electron chi connectivity index (χ1n) is 10.8. The van der Waals surface area contributed by atoms with Crippen molar-refractivity contribution in [2.75, 3.05) is 11.9 Å². The van der Waals surface area contributed by atoms with E-state index in [9.17, 15) is 9.59 Å². The first-order valence-corrected chi connectivity index (χ1v) is 11.5. The van der Waals surface area contributed by atoms with Gasteiger partial charge in [-0.1, -0.05) is 47.5 Å². The van der Waals surface area contributed by atoms with Gasteiger partial charge in [0.05, 0.1) is 11.6 Å². The molecule has 1 aliphatic heterocycles. The van der Waals surface area contributed by atoms with Crippen molar-refractivity contribution in [3.8, 4) is 0 Å². The van der Waals surface area contributed by atoms with Crippen molar-refractivity contribution in [1.29, 1.82) is 0 Å². The van der Waals surface area contributed by atoms with Gasteiger partial charge in [0.15, 0.2) is 12.4 Å². The van der Waals surface area contributed by atoms with E-state index in [1.165, 1.54) is 5.56 Å². The van der Waals surface area contributed by atoms with Crippen LogP contribution in [0.2, 0.25) is 10.0 Å². The summed E-state index contributed by atoms with van der Waals surface area (Å²) in [5.41, 5.74) is 4.14. The summed E-state index contributed by atoms with van der Waals surface area (Å²) >= 11 is 11.9. The van der Waals surface area contributed by atoms with Crippen LogP contribution >= 0.6 is 23.2 Å². The number of esters is 1. The molecule has 0 amide bonds. The number of carbonyl (C=O) groups excluding carboxylic acids is 2. The monoisotopic (exact) mass is 477 g/mol. The van der Waals surface area contributed by atoms with Gasteiger partial charge < -0.3 is 10.1 Å². The number of allylic oxidation sites excluding steroid dienone is 2. The van der Waals surface area contributed by atoms with Gasteiger partial charge in [0, 0.05) is 27.2 Å². The van der Waals surface area contributed by atoms with Crippen LogP contribution in [0.3, 0.4) is 0 Å². The number of ether oxygens (including phenoxy) is 1. The summed E-state index contributed by atoms with van der Waals surface area (Å²) in [5, 5.41) is 4.91. The van der Waals surface area contributed by atoms with Crippen LogP contribution in [0, 0.1) is 5.92 Å². The standard InChI is InChI=1S/C27H21Cl2NO3/c28-19-9-4-16(5-10-19)25(31)15-33-27(32)18-8-13-24-23(14-18)21-2-1-3-22(21)26(30-24)17-6-11-20(29)12-7-17/h1-2,4-14,21-22,26,30H,3,15H2/t21-,22+,26-/m0/s1. The van der Waals surface area contributed by atoms with Crippen LogP contribution < -0.4 is 5.32 Å². The first-order chi connectivity index (χ1) is 16.0. The Morgan fingerprint density at radius 1 is 0.909 bits per heavy atom. The molecule has 6 heteroatoms. The van der Waals surface area contributed by atoms with E-state index < -0.39 is 5.97 Å². The second-order valence-corrected chi connectivity index (χ2v) is 9.21. The van der Waals surface area contributed by atoms with Crippen LogP contribution in [-0.4, -0.2) is 18.4 Å². The minimum absolute atomic E-state index is 0.157. The maximum absolute atomic E-state index is 12.7. The van der Waals surface area contributed by atoms with Gasteiger partial charge in [0.2, 0.25) is 0 Å². The van der Waals surface area contributed by atoms with Crippen molar-refractivity contribution >= 4 is 40.6 Å². The van der Waals surface area contributed by atoms with Gasteiger partial charge in [-0.2, -0.15) is 0 Å². The maximum atomic E-state index is 12.7. The number of ketones is 1. The Hall–Kier alpha value is -3.08. The molecule has 1 heterocycles. The van der Waals surface area contributed by atoms with Crippen LogP contribution in [0.5, 0.6) is 0 Å². The maximum Gasteiger partial charge on any atom is 0.338 e. The lowest BCUT2D eigenvalue weighted by molar-refractivity contribution is 0.0474. The Kier molecular flexibility index (Phi) is 5.96. The Labute approximate surface area is 202 Å². The highest BCUT2D eigenvalue weighted by Crippen LogP contribution is 2.50. The third-order valence-electron chi connectivity index (χ3n) is 6.33. The van der Waals surface area contributed by atoms with Crippen LogP contribution in [0.15, 0.2) is 78.9 Å². The fourth-order valence-corrected chi connectivity index (χ4v) is 4.91. The average molecular weight is 478 g/mol. The molecule has 3 aromatic carbocycles. The number of nitrogens with one attached hydrogen (secondary N) is 1. The lowest BCUT2D eigenvalue weighted by Gasteiger charge is -2.37. The SMILES string of the molecule is O=C(COC(=O)c1ccc2c(c1)[C@H]1C=CC[C@H]1[C@H](c1ccc(Cl)cc1)N2)c1ccc(Cl)cc1. The number of hydrogen-bond donors (Lipinski definition) is 1. The molecule has 33 heavy (non-hydrogen) atoms. The quantitative estimate of drug-likeness (QED) is 0.247. The molecule has 1 N–H and O–H groups in total. The molecule has 3 aromatic rings. The molecule has 5 rings (SSSR count). The van der Waals surface area contributed by atoms with E-state index in [1.807, 2.05) is 24.3 Å². The summed E-state index contributed by atoms with van der Waals surface area (Å²) in [6, 6.07) is 20.1. The molecule has 1 aliphatic carbocycles. The summed E-state index contributed by atoms with van der Waals surface area (Å²) in [7, 11) is 0. The highest BCUT2D eigenvalue weighted by atomic mass is 35.5. The summed E-state index contributed by atoms with van der Waals surface area (Å²) in [6.45, 7) is -0.319. The van der Waals surface area contributed by atoms with Gasteiger partial charge in [0.1, 0.15) is 0 Å². The number of Topliss-reactive ketones (excluding diaryl/α,β-unsaturated/α-hetero) is 1. The van der Waals surface area contributed by atoms with Gasteiger partial charge in [-0.3, -0.25) is 4.79 Å². The van der Waals surface area contributed by atoms with Crippen LogP contribution in [0.25, 0.3) is 0 Å². The molecule has 0 saturated carbocycles. The lowest BCUT2D eigenvalue weighted by atomic mass is 9.76. The number of fused-ring (bicyclic) bond motifs is 3. The summed E-state index contributed by atoms with van der Waals surface area (Å²) in [6.07, 6.45) is 5.37. The summed E-state index contributed by atoms with van der Waals surface area (Å²) < 4.78 is 5.31. The van der Waals surface area contributed by atoms with E-state index in [1.54, 1.807) is 30.3 Å². The van der Waals surface area contributed by atoms with Crippen molar-refractivity contribution < 1.29 is 14.3 Å². The summed E-state index contributed by atoms with van der Waals surface area (Å²) in [5.74, 6) is -0.246. The zero-order valence-electron chi connectivity index (χ0n) is 17.6. The molecule has 0 fully saturated rings. The van der Waals surface area contributed by atoms with Gasteiger partial charge in [-0.15, -0.1) is 0 Å². The molecule has 0 radical (unpaired) electrons. The van der Waals surface area contributed by atoms with E-state index in [0.29, 0.717) is 27.1 Å². The zero-order chi connectivity index (χ0) is 22.9. The molecular formula is C27H21Cl2NO3. The highest BCUT2D eigenvalue weighted by Gasteiger charge is 2.38. The van der Waals surface area contributed by atoms with Gasteiger partial charge in [-0.25, -0.2) is 4.79 Å². The smallest absolute Gasteiger partial charge is 0.338 e. The van der Waals surface area contributed by atoms with Crippen molar-refractivity contribution in [3.05, 3.63) is 111 Å². The van der Waals surface area contributed by atoms with E-state index in [0.717, 1.165) is 17.7 Å². The zero-order valence-corrected chi connectivity index (χ0v) is 19.1. The molecule has 0 saturated heterocycles. The van der Waals surface area contributed by atoms with E-state index in [2.05, 4.69) is 29.6 Å². The molecule has 0 bridgehead atoms. The number of rotatable bonds is 5. The molecular weight excluding hydrogens is 457 g/mol. The van der Waals surface area contributed by atoms with Gasteiger partial charge in [0.25, 0.3) is 0 Å². The Morgan fingerprint density at radius 3 is 2.30 bits per heavy atom. The number of hydrogen-bond acceptors (Lipinski definition) is 4. The third-order valence-corrected chi connectivity index (χ3v) is 6.83. The molecule has 0 unspecified atom stereocenters. The lowest BCUT2D eigenvalue weighted by Crippen LogP contribution is -2.29. The molecule has 0 spiro atoms. The fourth-order valence-electron chi connectivity index (χ4n) is 4.66. The Bertz CT molecular complexity index is 1240. The predicted molar refractivity (Wildman–Crippen MR) is 130 cm³/mol. The topological polar surface area (TPSA) is 55.4 Å². The number of anilines is 1. The number of halogens is 2. The van der Waals surface area contributed by atoms with E-state index >= 15 is 0 Å². The molecule has 4 nitrogen and oxygen atoms in total. The second-order valence-electron chi connectivity index (χ2n) is 8.34. The highest BCUT2D eigenvalue weighted by molar-refractivity contribution is 6.30. The normalized spacial score (nSPS) is 20.5. The van der Waals surface area contributed by atoms with Gasteiger partial charge >= 0.3 is 5.97 Å². The van der Waals surface area contributed by atoms with Crippen molar-refractivity contribution in [2.45, 2.75) is 18.4 Å². The minimum Gasteiger partial charge on any atom is -0.454 e. The Morgan fingerprint density at radius 2 is 1.58 bits per heavy atom. The van der Waals surface area contributed by atoms with E-state index in [4.69, 9.17) is 27.9 Å². The molecule has 0 aromatic heterocycles. The molecule has 2 aliphatic rings. The predicted octanol–water partition coefficient (Wildman–Crippen LogP) is 6.86. The first kappa shape index (κ1) is 21.7. The van der Waals surface area contributed by atoms with Crippen molar-refractivity contribution in [1.82, 2.24) is 0 Å². The van der Waals surface area contributed by atoms with Gasteiger partial charge in [-0.05, 0) is 78.1 Å². The molecule has 3 atom stereocenters. The number of carbonyl (C=O) groups is 2. The fraction of sp³-hybridized carbons (Fsp3) is 0.185. The van der Waals surface area contributed by atoms with Crippen molar-refractivity contribution in [3.63, 3.8) is 0 Å². The summed E-state index contributed by atoms with van der Waals surface area (Å²) in [4.78, 5) is 25.0. The van der Waals surface area contributed by atoms with Crippen LogP contribution in [-0.2, 0) is 4.74 Å². The van der Waals surface area contributed by atoms with Crippen LogP contribution in [0.4, 0.5) is 5.69 Å².